The topological polar surface area (TPSA) is 41.5 Å². The Morgan fingerprint density at radius 3 is 2.81 bits per heavy atom. The van der Waals surface area contributed by atoms with Crippen molar-refractivity contribution in [1.82, 2.24) is 5.43 Å². The molecular weight excluding hydrogens is 247 g/mol. The molecule has 3 nitrogen and oxygen atoms in total. The maximum atomic E-state index is 11.6. The summed E-state index contributed by atoms with van der Waals surface area (Å²) in [5.41, 5.74) is 2.68. The number of rotatable bonds is 3. The number of benzene rings is 1. The third kappa shape index (κ3) is 3.68. The van der Waals surface area contributed by atoms with Gasteiger partial charge >= 0.3 is 0 Å². The first-order chi connectivity index (χ1) is 7.65. The smallest absolute Gasteiger partial charge is 0.267 e. The van der Waals surface area contributed by atoms with Crippen molar-refractivity contribution in [2.45, 2.75) is 6.92 Å². The number of halogens is 2. The molecule has 0 aliphatic rings. The van der Waals surface area contributed by atoms with Gasteiger partial charge in [-0.3, -0.25) is 4.79 Å². The molecule has 0 fully saturated rings. The highest BCUT2D eigenvalue weighted by Gasteiger charge is 2.09. The Morgan fingerprint density at radius 2 is 2.19 bits per heavy atom. The lowest BCUT2D eigenvalue weighted by Gasteiger charge is -2.02. The van der Waals surface area contributed by atoms with E-state index in [2.05, 4.69) is 10.5 Å². The summed E-state index contributed by atoms with van der Waals surface area (Å²) in [5, 5.41) is 4.48. The molecule has 0 unspecified atom stereocenters. The van der Waals surface area contributed by atoms with E-state index in [0.29, 0.717) is 15.6 Å². The average Bonchev–Trinajstić information content (AvgIpc) is 2.24. The van der Waals surface area contributed by atoms with Gasteiger partial charge in [-0.1, -0.05) is 29.3 Å². The van der Waals surface area contributed by atoms with Gasteiger partial charge < -0.3 is 0 Å². The molecule has 1 N–H and O–H groups in total. The van der Waals surface area contributed by atoms with Crippen molar-refractivity contribution in [3.63, 3.8) is 0 Å². The van der Waals surface area contributed by atoms with E-state index in [4.69, 9.17) is 23.2 Å². The summed E-state index contributed by atoms with van der Waals surface area (Å²) < 4.78 is 0. The van der Waals surface area contributed by atoms with Gasteiger partial charge in [-0.05, 0) is 31.2 Å². The highest BCUT2D eigenvalue weighted by Crippen LogP contribution is 2.20. The van der Waals surface area contributed by atoms with Crippen molar-refractivity contribution in [3.05, 3.63) is 46.0 Å². The van der Waals surface area contributed by atoms with Crippen molar-refractivity contribution < 1.29 is 4.79 Å². The van der Waals surface area contributed by atoms with Crippen molar-refractivity contribution in [3.8, 4) is 0 Å². The fraction of sp³-hybridized carbons (Fsp3) is 0.0909. The van der Waals surface area contributed by atoms with E-state index in [1.54, 1.807) is 24.3 Å². The van der Waals surface area contributed by atoms with Crippen LogP contribution in [-0.4, -0.2) is 12.1 Å². The molecule has 0 aliphatic carbocycles. The summed E-state index contributed by atoms with van der Waals surface area (Å²) in [6, 6.07) is 4.65. The molecule has 0 radical (unpaired) electrons. The largest absolute Gasteiger partial charge is 0.272 e. The number of carbonyl (C=O) groups is 1. The molecule has 1 aromatic rings. The average molecular weight is 257 g/mol. The number of allylic oxidation sites excluding steroid dienone is 2. The normalized spacial score (nSPS) is 11.2. The molecule has 0 atom stereocenters. The molecule has 0 aromatic heterocycles. The summed E-state index contributed by atoms with van der Waals surface area (Å²) >= 11 is 11.6. The lowest BCUT2D eigenvalue weighted by molar-refractivity contribution is 0.0955. The third-order valence-corrected chi connectivity index (χ3v) is 2.24. The van der Waals surface area contributed by atoms with Crippen LogP contribution in [0.4, 0.5) is 0 Å². The van der Waals surface area contributed by atoms with Gasteiger partial charge in [0.1, 0.15) is 0 Å². The van der Waals surface area contributed by atoms with Gasteiger partial charge in [-0.15, -0.1) is 0 Å². The lowest BCUT2D eigenvalue weighted by Crippen LogP contribution is -2.17. The first-order valence-electron chi connectivity index (χ1n) is 4.55. The third-order valence-electron chi connectivity index (χ3n) is 1.69. The van der Waals surface area contributed by atoms with Crippen molar-refractivity contribution >= 4 is 35.3 Å². The van der Waals surface area contributed by atoms with Gasteiger partial charge in [0.2, 0.25) is 0 Å². The fourth-order valence-electron chi connectivity index (χ4n) is 0.959. The molecule has 1 amide bonds. The molecule has 0 spiro atoms. The van der Waals surface area contributed by atoms with E-state index < -0.39 is 0 Å². The van der Waals surface area contributed by atoms with Crippen LogP contribution in [0.15, 0.2) is 35.5 Å². The quantitative estimate of drug-likeness (QED) is 0.655. The number of carbonyl (C=O) groups excluding carboxylic acids is 1. The number of hydrogen-bond donors (Lipinski definition) is 1. The van der Waals surface area contributed by atoms with Gasteiger partial charge in [0, 0.05) is 11.2 Å². The zero-order valence-corrected chi connectivity index (χ0v) is 10.1. The van der Waals surface area contributed by atoms with Gasteiger partial charge in [0.05, 0.1) is 10.6 Å². The molecule has 84 valence electrons. The molecule has 5 heteroatoms. The molecule has 0 bridgehead atoms. The fourth-order valence-corrected chi connectivity index (χ4v) is 1.45. The van der Waals surface area contributed by atoms with Crippen LogP contribution < -0.4 is 5.43 Å². The van der Waals surface area contributed by atoms with Crippen LogP contribution in [0, 0.1) is 0 Å². The van der Waals surface area contributed by atoms with Gasteiger partial charge in [0.15, 0.2) is 0 Å². The standard InChI is InChI=1S/C11H10Cl2N2O/c1-2-3-6-14-15-11(16)9-5-4-8(12)7-10(9)13/h2-7H,1H3,(H,15,16)/b3-2+,14-6+. The minimum absolute atomic E-state index is 0.297. The minimum Gasteiger partial charge on any atom is -0.267 e. The number of hydrazone groups is 1. The van der Waals surface area contributed by atoms with Gasteiger partial charge in [-0.2, -0.15) is 5.10 Å². The van der Waals surface area contributed by atoms with Crippen molar-refractivity contribution in [2.75, 3.05) is 0 Å². The van der Waals surface area contributed by atoms with Gasteiger partial charge in [-0.25, -0.2) is 5.43 Å². The summed E-state index contributed by atoms with van der Waals surface area (Å²) in [6.07, 6.45) is 4.97. The summed E-state index contributed by atoms with van der Waals surface area (Å²) in [7, 11) is 0. The van der Waals surface area contributed by atoms with E-state index in [1.807, 2.05) is 6.92 Å². The Morgan fingerprint density at radius 1 is 1.44 bits per heavy atom. The molecule has 0 saturated heterocycles. The summed E-state index contributed by atoms with van der Waals surface area (Å²) in [4.78, 5) is 11.6. The van der Waals surface area contributed by atoms with Crippen LogP contribution in [0.2, 0.25) is 10.0 Å². The summed E-state index contributed by atoms with van der Waals surface area (Å²) in [6.45, 7) is 1.85. The number of amides is 1. The second-order valence-electron chi connectivity index (χ2n) is 2.87. The Labute approximate surface area is 104 Å². The number of nitrogens with one attached hydrogen (secondary N) is 1. The monoisotopic (exact) mass is 256 g/mol. The second kappa shape index (κ2) is 6.30. The van der Waals surface area contributed by atoms with Crippen LogP contribution >= 0.6 is 23.2 Å². The Kier molecular flexibility index (Phi) is 5.02. The molecule has 1 rings (SSSR count). The van der Waals surface area contributed by atoms with Crippen LogP contribution in [0.1, 0.15) is 17.3 Å². The second-order valence-corrected chi connectivity index (χ2v) is 3.71. The van der Waals surface area contributed by atoms with E-state index in [9.17, 15) is 4.79 Å². The molecule has 0 saturated carbocycles. The SMILES string of the molecule is C/C=C/C=N/NC(=O)c1ccc(Cl)cc1Cl. The van der Waals surface area contributed by atoms with E-state index in [0.717, 1.165) is 0 Å². The molecule has 16 heavy (non-hydrogen) atoms. The maximum absolute atomic E-state index is 11.6. The first-order valence-corrected chi connectivity index (χ1v) is 5.30. The Hall–Kier alpha value is -1.32. The van der Waals surface area contributed by atoms with Crippen LogP contribution in [0.5, 0.6) is 0 Å². The lowest BCUT2D eigenvalue weighted by atomic mass is 10.2. The van der Waals surface area contributed by atoms with Crippen LogP contribution in [-0.2, 0) is 0 Å². The van der Waals surface area contributed by atoms with E-state index in [-0.39, 0.29) is 5.91 Å². The zero-order chi connectivity index (χ0) is 12.0. The zero-order valence-electron chi connectivity index (χ0n) is 8.58. The van der Waals surface area contributed by atoms with Crippen molar-refractivity contribution in [1.29, 1.82) is 0 Å². The number of nitrogens with zero attached hydrogens (tertiary/aromatic N) is 1. The molecule has 0 heterocycles. The first kappa shape index (κ1) is 12.7. The maximum Gasteiger partial charge on any atom is 0.272 e. The minimum atomic E-state index is -0.373. The van der Waals surface area contributed by atoms with Crippen molar-refractivity contribution in [2.24, 2.45) is 5.10 Å². The highest BCUT2D eigenvalue weighted by atomic mass is 35.5. The van der Waals surface area contributed by atoms with E-state index >= 15 is 0 Å². The Balaban J connectivity index is 2.73. The highest BCUT2D eigenvalue weighted by molar-refractivity contribution is 6.36. The predicted molar refractivity (Wildman–Crippen MR) is 67.2 cm³/mol. The number of hydrogen-bond acceptors (Lipinski definition) is 2. The molecule has 0 aliphatic heterocycles. The van der Waals surface area contributed by atoms with Crippen LogP contribution in [0.25, 0.3) is 0 Å². The molecule has 1 aromatic carbocycles. The summed E-state index contributed by atoms with van der Waals surface area (Å²) in [5.74, 6) is -0.373. The molecular formula is C11H10Cl2N2O. The van der Waals surface area contributed by atoms with Gasteiger partial charge in [0.25, 0.3) is 5.91 Å². The Bertz CT molecular complexity index is 442. The van der Waals surface area contributed by atoms with Crippen LogP contribution in [0.3, 0.4) is 0 Å². The van der Waals surface area contributed by atoms with E-state index in [1.165, 1.54) is 12.3 Å². The predicted octanol–water partition coefficient (Wildman–Crippen LogP) is 3.29.